The van der Waals surface area contributed by atoms with Gasteiger partial charge in [0.2, 0.25) is 0 Å². The van der Waals surface area contributed by atoms with Crippen molar-refractivity contribution in [1.82, 2.24) is 0 Å². The van der Waals surface area contributed by atoms with Gasteiger partial charge in [-0.1, -0.05) is 176 Å². The lowest BCUT2D eigenvalue weighted by Gasteiger charge is -2.32. The first-order valence-corrected chi connectivity index (χ1v) is 21.9. The van der Waals surface area contributed by atoms with E-state index >= 15 is 0 Å². The Morgan fingerprint density at radius 2 is 0.820 bits per heavy atom. The molecule has 11 aromatic rings. The van der Waals surface area contributed by atoms with Gasteiger partial charge in [0.15, 0.2) is 0 Å². The standard InChI is InChI=1S/C59H37NS/c1-3-16-38(17-4-1)40-20-15-21-41(34-40)60(42-31-33-57-51(35-42)52-37-50(39-18-5-2-6-19-39)44-22-7-8-26-49(44)58(52)61-57)43-30-32-48-47-25-11-14-29-55(47)59(56(48)36-43)53-27-12-9-23-45(53)46-24-10-13-28-54(46)59/h1-37H. The van der Waals surface area contributed by atoms with E-state index < -0.39 is 5.41 Å². The van der Waals surface area contributed by atoms with Gasteiger partial charge in [0.05, 0.1) is 5.41 Å². The van der Waals surface area contributed by atoms with Crippen LogP contribution in [0.5, 0.6) is 0 Å². The highest BCUT2D eigenvalue weighted by atomic mass is 32.1. The van der Waals surface area contributed by atoms with Crippen LogP contribution in [0.25, 0.3) is 75.5 Å². The van der Waals surface area contributed by atoms with E-state index in [9.17, 15) is 0 Å². The first-order valence-electron chi connectivity index (χ1n) is 21.1. The summed E-state index contributed by atoms with van der Waals surface area (Å²) in [6.45, 7) is 0. The van der Waals surface area contributed by atoms with Crippen molar-refractivity contribution in [3.8, 4) is 44.5 Å². The molecule has 0 N–H and O–H groups in total. The molecular weight excluding hydrogens is 755 g/mol. The molecule has 1 aromatic heterocycles. The molecule has 0 saturated carbocycles. The predicted octanol–water partition coefficient (Wildman–Crippen LogP) is 16.4. The van der Waals surface area contributed by atoms with Crippen LogP contribution in [0, 0.1) is 0 Å². The third-order valence-corrected chi connectivity index (χ3v) is 14.5. The van der Waals surface area contributed by atoms with Crippen molar-refractivity contribution in [1.29, 1.82) is 0 Å². The first-order chi connectivity index (χ1) is 30.3. The summed E-state index contributed by atoms with van der Waals surface area (Å²) in [5, 5.41) is 5.15. The summed E-state index contributed by atoms with van der Waals surface area (Å²) in [6, 6.07) is 83.5. The van der Waals surface area contributed by atoms with E-state index in [4.69, 9.17) is 0 Å². The van der Waals surface area contributed by atoms with Crippen LogP contribution < -0.4 is 4.90 Å². The lowest BCUT2D eigenvalue weighted by atomic mass is 9.70. The molecule has 0 bridgehead atoms. The maximum atomic E-state index is 2.50. The Bertz CT molecular complexity index is 3480. The third-order valence-electron chi connectivity index (χ3n) is 13.3. The summed E-state index contributed by atoms with van der Waals surface area (Å²) < 4.78 is 2.62. The van der Waals surface area contributed by atoms with Crippen molar-refractivity contribution < 1.29 is 0 Å². The average molecular weight is 792 g/mol. The van der Waals surface area contributed by atoms with Gasteiger partial charge in [-0.3, -0.25) is 0 Å². The lowest BCUT2D eigenvalue weighted by Crippen LogP contribution is -2.26. The van der Waals surface area contributed by atoms with E-state index in [1.807, 2.05) is 11.3 Å². The van der Waals surface area contributed by atoms with Gasteiger partial charge >= 0.3 is 0 Å². The van der Waals surface area contributed by atoms with Crippen molar-refractivity contribution in [3.05, 3.63) is 247 Å². The fourth-order valence-corrected chi connectivity index (χ4v) is 11.9. The molecular formula is C59H37NS. The zero-order chi connectivity index (χ0) is 40.1. The van der Waals surface area contributed by atoms with Gasteiger partial charge in [-0.2, -0.15) is 0 Å². The molecule has 2 heteroatoms. The van der Waals surface area contributed by atoms with Gasteiger partial charge in [-0.25, -0.2) is 0 Å². The van der Waals surface area contributed by atoms with Crippen molar-refractivity contribution in [2.75, 3.05) is 4.90 Å². The maximum Gasteiger partial charge on any atom is 0.0726 e. The Morgan fingerprint density at radius 1 is 0.295 bits per heavy atom. The highest BCUT2D eigenvalue weighted by molar-refractivity contribution is 7.26. The molecule has 2 aliphatic rings. The zero-order valence-corrected chi connectivity index (χ0v) is 34.0. The van der Waals surface area contributed by atoms with Crippen molar-refractivity contribution in [2.24, 2.45) is 0 Å². The van der Waals surface area contributed by atoms with Crippen LogP contribution in [0.3, 0.4) is 0 Å². The van der Waals surface area contributed by atoms with Crippen LogP contribution in [0.1, 0.15) is 22.3 Å². The van der Waals surface area contributed by atoms with Crippen LogP contribution in [0.4, 0.5) is 17.1 Å². The molecule has 10 aromatic carbocycles. The maximum absolute atomic E-state index is 2.50. The minimum Gasteiger partial charge on any atom is -0.310 e. The van der Waals surface area contributed by atoms with Crippen molar-refractivity contribution in [3.63, 3.8) is 0 Å². The fraction of sp³-hybridized carbons (Fsp3) is 0.0169. The fourth-order valence-electron chi connectivity index (χ4n) is 10.7. The number of hydrogen-bond acceptors (Lipinski definition) is 2. The molecule has 0 amide bonds. The van der Waals surface area contributed by atoms with Crippen LogP contribution >= 0.6 is 11.3 Å². The Hall–Kier alpha value is -7.52. The summed E-state index contributed by atoms with van der Waals surface area (Å²) in [5.74, 6) is 0. The second-order valence-electron chi connectivity index (χ2n) is 16.4. The topological polar surface area (TPSA) is 3.24 Å². The smallest absolute Gasteiger partial charge is 0.0726 e. The van der Waals surface area contributed by atoms with E-state index in [2.05, 4.69) is 229 Å². The summed E-state index contributed by atoms with van der Waals surface area (Å²) in [5.41, 5.74) is 18.4. The van der Waals surface area contributed by atoms with E-state index in [1.165, 1.54) is 97.7 Å². The molecule has 0 fully saturated rings. The van der Waals surface area contributed by atoms with E-state index in [0.29, 0.717) is 0 Å². The van der Waals surface area contributed by atoms with Gasteiger partial charge in [0.1, 0.15) is 0 Å². The molecule has 1 spiro atoms. The second-order valence-corrected chi connectivity index (χ2v) is 17.4. The SMILES string of the molecule is c1ccc(-c2cccc(N(c3ccc4c(c3)C3(c5ccccc5-c5ccccc53)c3ccccc3-4)c3ccc4sc5c6ccccc6c(-c6ccccc6)cc5c4c3)c2)cc1. The largest absolute Gasteiger partial charge is 0.310 e. The molecule has 0 aliphatic heterocycles. The van der Waals surface area contributed by atoms with Gasteiger partial charge in [0, 0.05) is 42.6 Å². The predicted molar refractivity (Wildman–Crippen MR) is 259 cm³/mol. The summed E-state index contributed by atoms with van der Waals surface area (Å²) in [4.78, 5) is 2.48. The number of nitrogens with zero attached hydrogens (tertiary/aromatic N) is 1. The van der Waals surface area contributed by atoms with Gasteiger partial charge in [-0.05, 0) is 121 Å². The van der Waals surface area contributed by atoms with Gasteiger partial charge in [-0.15, -0.1) is 11.3 Å². The number of anilines is 3. The number of benzene rings is 10. The summed E-state index contributed by atoms with van der Waals surface area (Å²) in [7, 11) is 0. The Morgan fingerprint density at radius 3 is 1.51 bits per heavy atom. The molecule has 61 heavy (non-hydrogen) atoms. The molecule has 2 aliphatic carbocycles. The summed E-state index contributed by atoms with van der Waals surface area (Å²) >= 11 is 1.90. The molecule has 1 heterocycles. The highest BCUT2D eigenvalue weighted by Crippen LogP contribution is 2.63. The number of fused-ring (bicyclic) bond motifs is 15. The minimum absolute atomic E-state index is 0.435. The highest BCUT2D eigenvalue weighted by Gasteiger charge is 2.51. The molecule has 13 rings (SSSR count). The van der Waals surface area contributed by atoms with E-state index in [1.54, 1.807) is 0 Å². The van der Waals surface area contributed by atoms with Crippen LogP contribution in [0.2, 0.25) is 0 Å². The van der Waals surface area contributed by atoms with Crippen molar-refractivity contribution >= 4 is 59.3 Å². The second kappa shape index (κ2) is 13.2. The number of rotatable bonds is 5. The minimum atomic E-state index is -0.435. The van der Waals surface area contributed by atoms with Crippen LogP contribution in [-0.2, 0) is 5.41 Å². The molecule has 284 valence electrons. The van der Waals surface area contributed by atoms with E-state index in [0.717, 1.165) is 17.1 Å². The molecule has 0 unspecified atom stereocenters. The lowest BCUT2D eigenvalue weighted by molar-refractivity contribution is 0.793. The molecule has 0 radical (unpaired) electrons. The van der Waals surface area contributed by atoms with E-state index in [-0.39, 0.29) is 0 Å². The number of hydrogen-bond donors (Lipinski definition) is 0. The normalized spacial score (nSPS) is 13.0. The summed E-state index contributed by atoms with van der Waals surface area (Å²) in [6.07, 6.45) is 0. The van der Waals surface area contributed by atoms with Gasteiger partial charge < -0.3 is 4.90 Å². The molecule has 1 nitrogen and oxygen atoms in total. The Balaban J connectivity index is 1.08. The Labute approximate surface area is 359 Å². The average Bonchev–Trinajstić information content (AvgIpc) is 3.96. The molecule has 0 saturated heterocycles. The van der Waals surface area contributed by atoms with Gasteiger partial charge in [0.25, 0.3) is 0 Å². The van der Waals surface area contributed by atoms with Crippen LogP contribution in [0.15, 0.2) is 224 Å². The third kappa shape index (κ3) is 4.94. The first kappa shape index (κ1) is 34.4. The number of thiophene rings is 1. The quantitative estimate of drug-likeness (QED) is 0.168. The van der Waals surface area contributed by atoms with Crippen molar-refractivity contribution in [2.45, 2.75) is 5.41 Å². The molecule has 0 atom stereocenters. The van der Waals surface area contributed by atoms with Crippen LogP contribution in [-0.4, -0.2) is 0 Å². The monoisotopic (exact) mass is 791 g/mol. The Kier molecular flexibility index (Phi) is 7.46. The zero-order valence-electron chi connectivity index (χ0n) is 33.2.